The lowest BCUT2D eigenvalue weighted by atomic mass is 10.0. The van der Waals surface area contributed by atoms with Crippen molar-refractivity contribution in [2.24, 2.45) is 5.73 Å². The fourth-order valence-electron chi connectivity index (χ4n) is 2.99. The second-order valence-corrected chi connectivity index (χ2v) is 5.52. The maximum Gasteiger partial charge on any atom is 0.0943 e. The average Bonchev–Trinajstić information content (AvgIpc) is 2.99. The van der Waals surface area contributed by atoms with Gasteiger partial charge in [-0.15, -0.1) is 0 Å². The summed E-state index contributed by atoms with van der Waals surface area (Å²) in [6.07, 6.45) is 5.87. The van der Waals surface area contributed by atoms with E-state index < -0.39 is 0 Å². The molecule has 0 saturated carbocycles. The molecule has 3 N–H and O–H groups in total. The van der Waals surface area contributed by atoms with Crippen LogP contribution in [0.4, 0.5) is 0 Å². The van der Waals surface area contributed by atoms with E-state index in [9.17, 15) is 0 Å². The van der Waals surface area contributed by atoms with Gasteiger partial charge in [0.15, 0.2) is 0 Å². The number of hydrogen-bond acceptors (Lipinski definition) is 2. The summed E-state index contributed by atoms with van der Waals surface area (Å²) < 4.78 is 0. The summed E-state index contributed by atoms with van der Waals surface area (Å²) in [6, 6.07) is 18.8. The number of nitrogens with zero attached hydrogens (tertiary/aromatic N) is 1. The third-order valence-corrected chi connectivity index (χ3v) is 4.03. The number of rotatable bonds is 3. The van der Waals surface area contributed by atoms with Gasteiger partial charge in [0.1, 0.15) is 0 Å². The summed E-state index contributed by atoms with van der Waals surface area (Å²) in [5.41, 5.74) is 11.0. The molecule has 2 aromatic carbocycles. The van der Waals surface area contributed by atoms with E-state index in [1.165, 1.54) is 10.8 Å². The molecule has 0 radical (unpaired) electrons. The van der Waals surface area contributed by atoms with E-state index in [0.717, 1.165) is 27.9 Å². The highest BCUT2D eigenvalue weighted by Gasteiger charge is 2.10. The number of hydrogen-bond donors (Lipinski definition) is 2. The lowest BCUT2D eigenvalue weighted by Gasteiger charge is -2.04. The van der Waals surface area contributed by atoms with Crippen LogP contribution in [0.15, 0.2) is 66.9 Å². The van der Waals surface area contributed by atoms with Crippen molar-refractivity contribution in [1.82, 2.24) is 9.97 Å². The molecule has 0 saturated heterocycles. The SMILES string of the molecule is NCC=Cc1cccc(-c2nccc3c2[nH]c2ccccc23)c1. The largest absolute Gasteiger partial charge is 0.353 e. The average molecular weight is 299 g/mol. The molecule has 0 aliphatic heterocycles. The van der Waals surface area contributed by atoms with Crippen molar-refractivity contribution in [2.75, 3.05) is 6.54 Å². The standard InChI is InChI=1S/C20H17N3/c21-11-4-6-14-5-3-7-15(13-14)19-20-17(10-12-22-19)16-8-1-2-9-18(16)23-20/h1-10,12-13,23H,11,21H2. The first-order chi connectivity index (χ1) is 11.4. The molecule has 0 amide bonds. The summed E-state index contributed by atoms with van der Waals surface area (Å²) >= 11 is 0. The summed E-state index contributed by atoms with van der Waals surface area (Å²) in [6.45, 7) is 0.542. The Hall–Kier alpha value is -2.91. The third kappa shape index (κ3) is 2.41. The van der Waals surface area contributed by atoms with Gasteiger partial charge in [-0.3, -0.25) is 4.98 Å². The lowest BCUT2D eigenvalue weighted by Crippen LogP contribution is -1.92. The molecule has 4 rings (SSSR count). The molecular formula is C20H17N3. The van der Waals surface area contributed by atoms with Crippen molar-refractivity contribution in [1.29, 1.82) is 0 Å². The number of benzene rings is 2. The highest BCUT2D eigenvalue weighted by Crippen LogP contribution is 2.31. The quantitative estimate of drug-likeness (QED) is 0.590. The Bertz CT molecular complexity index is 1010. The molecule has 3 heteroatoms. The number of nitrogens with one attached hydrogen (secondary N) is 1. The molecule has 3 nitrogen and oxygen atoms in total. The summed E-state index contributed by atoms with van der Waals surface area (Å²) in [5.74, 6) is 0. The van der Waals surface area contributed by atoms with Crippen LogP contribution >= 0.6 is 0 Å². The molecule has 112 valence electrons. The van der Waals surface area contributed by atoms with Crippen LogP contribution in [0.5, 0.6) is 0 Å². The predicted molar refractivity (Wildman–Crippen MR) is 97.1 cm³/mol. The van der Waals surface area contributed by atoms with E-state index in [-0.39, 0.29) is 0 Å². The highest BCUT2D eigenvalue weighted by molar-refractivity contribution is 6.10. The van der Waals surface area contributed by atoms with Gasteiger partial charge in [-0.2, -0.15) is 0 Å². The van der Waals surface area contributed by atoms with Crippen LogP contribution in [0, 0.1) is 0 Å². The fraction of sp³-hybridized carbons (Fsp3) is 0.0500. The zero-order valence-corrected chi connectivity index (χ0v) is 12.7. The molecule has 0 spiro atoms. The first kappa shape index (κ1) is 13.7. The normalized spacial score (nSPS) is 11.7. The minimum atomic E-state index is 0.542. The molecule has 0 aliphatic rings. The summed E-state index contributed by atoms with van der Waals surface area (Å²) in [5, 5.41) is 2.43. The van der Waals surface area contributed by atoms with Crippen molar-refractivity contribution in [3.05, 3.63) is 72.4 Å². The molecule has 0 aliphatic carbocycles. The van der Waals surface area contributed by atoms with E-state index >= 15 is 0 Å². The van der Waals surface area contributed by atoms with Gasteiger partial charge in [-0.05, 0) is 23.8 Å². The number of para-hydroxylation sites is 1. The number of pyridine rings is 1. The maximum absolute atomic E-state index is 5.54. The van der Waals surface area contributed by atoms with Crippen molar-refractivity contribution in [3.63, 3.8) is 0 Å². The van der Waals surface area contributed by atoms with Crippen molar-refractivity contribution in [2.45, 2.75) is 0 Å². The van der Waals surface area contributed by atoms with Crippen molar-refractivity contribution in [3.8, 4) is 11.3 Å². The summed E-state index contributed by atoms with van der Waals surface area (Å²) in [7, 11) is 0. The zero-order chi connectivity index (χ0) is 15.6. The molecule has 4 aromatic rings. The predicted octanol–water partition coefficient (Wildman–Crippen LogP) is 4.36. The van der Waals surface area contributed by atoms with Gasteiger partial charge < -0.3 is 10.7 Å². The minimum Gasteiger partial charge on any atom is -0.353 e. The second kappa shape index (κ2) is 5.71. The minimum absolute atomic E-state index is 0.542. The topological polar surface area (TPSA) is 54.7 Å². The molecule has 2 heterocycles. The van der Waals surface area contributed by atoms with Crippen LogP contribution in [0.25, 0.3) is 39.1 Å². The Kier molecular flexibility index (Phi) is 3.41. The van der Waals surface area contributed by atoms with Crippen LogP contribution in [0.3, 0.4) is 0 Å². The van der Waals surface area contributed by atoms with Gasteiger partial charge >= 0.3 is 0 Å². The smallest absolute Gasteiger partial charge is 0.0943 e. The molecule has 23 heavy (non-hydrogen) atoms. The Morgan fingerprint density at radius 2 is 1.91 bits per heavy atom. The van der Waals surface area contributed by atoms with Crippen LogP contribution in [0.1, 0.15) is 5.56 Å². The van der Waals surface area contributed by atoms with E-state index in [1.54, 1.807) is 0 Å². The van der Waals surface area contributed by atoms with Crippen LogP contribution in [-0.2, 0) is 0 Å². The zero-order valence-electron chi connectivity index (χ0n) is 12.7. The Balaban J connectivity index is 1.94. The Labute approximate surface area is 134 Å². The van der Waals surface area contributed by atoms with Gasteiger partial charge in [0.2, 0.25) is 0 Å². The molecule has 2 aromatic heterocycles. The lowest BCUT2D eigenvalue weighted by molar-refractivity contribution is 1.26. The van der Waals surface area contributed by atoms with E-state index in [0.29, 0.717) is 6.54 Å². The maximum atomic E-state index is 5.54. The van der Waals surface area contributed by atoms with Crippen LogP contribution in [0.2, 0.25) is 0 Å². The molecule has 0 fully saturated rings. The Morgan fingerprint density at radius 3 is 2.83 bits per heavy atom. The Morgan fingerprint density at radius 1 is 1.00 bits per heavy atom. The third-order valence-electron chi connectivity index (χ3n) is 4.03. The summed E-state index contributed by atoms with van der Waals surface area (Å²) in [4.78, 5) is 8.12. The van der Waals surface area contributed by atoms with Crippen LogP contribution < -0.4 is 5.73 Å². The van der Waals surface area contributed by atoms with Gasteiger partial charge in [0.05, 0.1) is 11.2 Å². The molecule has 0 unspecified atom stereocenters. The van der Waals surface area contributed by atoms with Gasteiger partial charge in [-0.1, -0.05) is 48.6 Å². The number of fused-ring (bicyclic) bond motifs is 3. The van der Waals surface area contributed by atoms with Crippen molar-refractivity contribution >= 4 is 27.9 Å². The highest BCUT2D eigenvalue weighted by atomic mass is 14.8. The molecule has 0 bridgehead atoms. The number of H-pyrrole nitrogens is 1. The molecule has 0 atom stereocenters. The van der Waals surface area contributed by atoms with Crippen molar-refractivity contribution < 1.29 is 0 Å². The number of nitrogens with two attached hydrogens (primary N) is 1. The van der Waals surface area contributed by atoms with Gasteiger partial charge in [0, 0.05) is 34.6 Å². The van der Waals surface area contributed by atoms with Gasteiger partial charge in [-0.25, -0.2) is 0 Å². The number of aromatic nitrogens is 2. The van der Waals surface area contributed by atoms with E-state index in [2.05, 4.69) is 58.5 Å². The van der Waals surface area contributed by atoms with E-state index in [4.69, 9.17) is 5.73 Å². The molecular weight excluding hydrogens is 282 g/mol. The van der Waals surface area contributed by atoms with Crippen LogP contribution in [-0.4, -0.2) is 16.5 Å². The first-order valence-electron chi connectivity index (χ1n) is 7.69. The fourth-order valence-corrected chi connectivity index (χ4v) is 2.99. The first-order valence-corrected chi connectivity index (χ1v) is 7.69. The second-order valence-electron chi connectivity index (χ2n) is 5.52. The van der Waals surface area contributed by atoms with E-state index in [1.807, 2.05) is 24.4 Å². The monoisotopic (exact) mass is 299 g/mol. The number of aromatic amines is 1. The van der Waals surface area contributed by atoms with Gasteiger partial charge in [0.25, 0.3) is 0 Å².